The number of aromatic carboxylic acids is 1. The molecular weight excluding hydrogens is 783 g/mol. The molecule has 10 nitrogen and oxygen atoms in total. The largest absolute Gasteiger partial charge is 0.494 e. The number of carbonyl (C=O) groups excluding carboxylic acids is 1. The summed E-state index contributed by atoms with van der Waals surface area (Å²) in [6.07, 6.45) is 2.90. The van der Waals surface area contributed by atoms with Crippen LogP contribution in [0.4, 0.5) is 5.69 Å². The Morgan fingerprint density at radius 2 is 1.73 bits per heavy atom. The van der Waals surface area contributed by atoms with Crippen molar-refractivity contribution >= 4 is 62.6 Å². The fraction of sp³-hybridized carbons (Fsp3) is 0.319. The van der Waals surface area contributed by atoms with Gasteiger partial charge in [-0.2, -0.15) is 5.10 Å². The summed E-state index contributed by atoms with van der Waals surface area (Å²) in [5.74, 6) is -0.338. The molecule has 1 N–H and O–H groups in total. The smallest absolute Gasteiger partial charge is 0.352 e. The van der Waals surface area contributed by atoms with Crippen molar-refractivity contribution in [2.24, 2.45) is 7.05 Å². The minimum atomic E-state index is -1.05. The molecule has 0 unspecified atom stereocenters. The molecule has 1 aliphatic rings. The van der Waals surface area contributed by atoms with Gasteiger partial charge in [0.2, 0.25) is 0 Å². The van der Waals surface area contributed by atoms with Crippen molar-refractivity contribution in [3.05, 3.63) is 128 Å². The number of hydrogen-bond acceptors (Lipinski definition) is 5. The Balaban J connectivity index is 1.32. The van der Waals surface area contributed by atoms with Gasteiger partial charge in [-0.05, 0) is 124 Å². The Morgan fingerprint density at radius 3 is 2.37 bits per heavy atom. The minimum absolute atomic E-state index is 0.119. The van der Waals surface area contributed by atoms with Crippen molar-refractivity contribution < 1.29 is 19.4 Å². The number of carboxylic acid groups (broad SMARTS) is 1. The number of anilines is 1. The molecule has 0 fully saturated rings. The molecule has 1 amide bonds. The highest BCUT2D eigenvalue weighted by molar-refractivity contribution is 6.35. The van der Waals surface area contributed by atoms with Gasteiger partial charge in [0.05, 0.1) is 46.3 Å². The highest BCUT2D eigenvalue weighted by Crippen LogP contribution is 2.46. The molecule has 12 heteroatoms. The fourth-order valence-corrected chi connectivity index (χ4v) is 9.24. The number of rotatable bonds is 11. The number of nitrogens with zero attached hydrogens (tertiary/aromatic N) is 6. The van der Waals surface area contributed by atoms with E-state index in [2.05, 4.69) is 36.4 Å². The molecule has 5 heterocycles. The number of pyridine rings is 1. The van der Waals surface area contributed by atoms with Crippen molar-refractivity contribution in [2.45, 2.75) is 79.8 Å². The normalized spacial score (nSPS) is 14.3. The number of carboxylic acids is 1. The van der Waals surface area contributed by atoms with E-state index in [1.54, 1.807) is 16.8 Å². The SMILES string of the molecule is Cc1cc(OCCCc2c3n(c4c(-c5c(C)nn(C)c5C)c(Cl)ccc24)[C@H](C)CN(c2cc(C(C)C)cc4cc(C(=O)O)n(Cc5ccccn5)c24)C3=O)cc(C)c1Cl. The molecule has 0 saturated heterocycles. The topological polar surface area (TPSA) is 107 Å². The number of hydrogen-bond donors (Lipinski definition) is 1. The van der Waals surface area contributed by atoms with E-state index >= 15 is 4.79 Å². The molecule has 0 bridgehead atoms. The first-order valence-electron chi connectivity index (χ1n) is 20.0. The van der Waals surface area contributed by atoms with Crippen LogP contribution in [0.3, 0.4) is 0 Å². The molecule has 3 aromatic carbocycles. The third kappa shape index (κ3) is 6.96. The van der Waals surface area contributed by atoms with Gasteiger partial charge in [-0.25, -0.2) is 4.79 Å². The maximum Gasteiger partial charge on any atom is 0.352 e. The lowest BCUT2D eigenvalue weighted by atomic mass is 9.98. The van der Waals surface area contributed by atoms with E-state index in [1.165, 1.54) is 0 Å². The van der Waals surface area contributed by atoms with E-state index < -0.39 is 5.97 Å². The molecule has 0 aliphatic carbocycles. The molecule has 0 spiro atoms. The summed E-state index contributed by atoms with van der Waals surface area (Å²) in [7, 11) is 1.93. The van der Waals surface area contributed by atoms with Crippen LogP contribution in [-0.2, 0) is 20.0 Å². The maximum atomic E-state index is 15.6. The van der Waals surface area contributed by atoms with Crippen LogP contribution in [-0.4, -0.2) is 54.0 Å². The van der Waals surface area contributed by atoms with Crippen LogP contribution in [0.5, 0.6) is 5.75 Å². The molecule has 0 radical (unpaired) electrons. The molecule has 0 saturated carbocycles. The van der Waals surface area contributed by atoms with Crippen LogP contribution in [0.1, 0.15) is 99.5 Å². The van der Waals surface area contributed by atoms with E-state index in [9.17, 15) is 9.90 Å². The zero-order valence-electron chi connectivity index (χ0n) is 34.7. The summed E-state index contributed by atoms with van der Waals surface area (Å²) in [6.45, 7) is 15.3. The van der Waals surface area contributed by atoms with Crippen molar-refractivity contribution in [3.63, 3.8) is 0 Å². The molecule has 1 atom stereocenters. The summed E-state index contributed by atoms with van der Waals surface area (Å²) >= 11 is 13.6. The first kappa shape index (κ1) is 40.2. The lowest BCUT2D eigenvalue weighted by Gasteiger charge is -2.35. The fourth-order valence-electron chi connectivity index (χ4n) is 8.88. The summed E-state index contributed by atoms with van der Waals surface area (Å²) in [5.41, 5.74) is 11.1. The Morgan fingerprint density at radius 1 is 0.983 bits per heavy atom. The summed E-state index contributed by atoms with van der Waals surface area (Å²) in [5, 5.41) is 18.3. The number of aromatic nitrogens is 5. The van der Waals surface area contributed by atoms with Gasteiger partial charge < -0.3 is 23.9 Å². The molecule has 8 rings (SSSR count). The predicted molar refractivity (Wildman–Crippen MR) is 236 cm³/mol. The first-order valence-corrected chi connectivity index (χ1v) is 20.8. The van der Waals surface area contributed by atoms with E-state index in [-0.39, 0.29) is 30.1 Å². The van der Waals surface area contributed by atoms with E-state index in [0.717, 1.165) is 71.8 Å². The highest BCUT2D eigenvalue weighted by atomic mass is 35.5. The number of halogens is 2. The van der Waals surface area contributed by atoms with Gasteiger partial charge in [0.15, 0.2) is 0 Å². The Kier molecular flexibility index (Phi) is 10.6. The summed E-state index contributed by atoms with van der Waals surface area (Å²) in [4.78, 5) is 34.8. The van der Waals surface area contributed by atoms with E-state index in [0.29, 0.717) is 53.6 Å². The van der Waals surface area contributed by atoms with Crippen molar-refractivity contribution in [1.82, 2.24) is 23.9 Å². The Hall–Kier alpha value is -5.58. The van der Waals surface area contributed by atoms with Gasteiger partial charge in [0.25, 0.3) is 5.91 Å². The lowest BCUT2D eigenvalue weighted by Crippen LogP contribution is -2.43. The quantitative estimate of drug-likeness (QED) is 0.130. The monoisotopic (exact) mass is 830 g/mol. The number of fused-ring (bicyclic) bond motifs is 4. The summed E-state index contributed by atoms with van der Waals surface area (Å²) in [6, 6.07) is 19.1. The van der Waals surface area contributed by atoms with Gasteiger partial charge in [-0.3, -0.25) is 14.5 Å². The van der Waals surface area contributed by atoms with Crippen molar-refractivity contribution in [1.29, 1.82) is 0 Å². The van der Waals surface area contributed by atoms with Gasteiger partial charge >= 0.3 is 5.97 Å². The van der Waals surface area contributed by atoms with E-state index in [4.69, 9.17) is 33.0 Å². The summed E-state index contributed by atoms with van der Waals surface area (Å²) < 4.78 is 12.1. The molecule has 7 aromatic rings. The van der Waals surface area contributed by atoms with Gasteiger partial charge in [0, 0.05) is 58.4 Å². The van der Waals surface area contributed by atoms with Crippen LogP contribution in [0, 0.1) is 27.7 Å². The number of ether oxygens (including phenoxy) is 1. The van der Waals surface area contributed by atoms with Crippen LogP contribution in [0.25, 0.3) is 32.9 Å². The Bertz CT molecular complexity index is 2790. The Labute approximate surface area is 353 Å². The zero-order valence-corrected chi connectivity index (χ0v) is 36.2. The maximum absolute atomic E-state index is 15.6. The second-order valence-electron chi connectivity index (χ2n) is 16.1. The van der Waals surface area contributed by atoms with Crippen LogP contribution >= 0.6 is 23.2 Å². The number of carbonyl (C=O) groups is 2. The predicted octanol–water partition coefficient (Wildman–Crippen LogP) is 11.0. The van der Waals surface area contributed by atoms with Crippen LogP contribution in [0.15, 0.2) is 66.9 Å². The third-order valence-corrected chi connectivity index (χ3v) is 12.7. The van der Waals surface area contributed by atoms with Crippen molar-refractivity contribution in [3.8, 4) is 16.9 Å². The first-order chi connectivity index (χ1) is 28.2. The number of benzene rings is 3. The zero-order chi connectivity index (χ0) is 42.0. The molecule has 304 valence electrons. The standard InChI is InChI=1S/C47H48Cl2N6O4/c1-25(2)31-20-32-22-39(47(57)58)53(24-33-12-9-10-16-50-33)43(32)38(21-31)54-23-28(5)55-44-36(14-15-37(48)41(44)40-29(6)51-52(8)30(40)7)35(45(55)46(54)56)13-11-17-59-34-18-26(3)42(49)27(4)19-34/h9-10,12,14-16,18-22,25,28H,11,13,17,23-24H2,1-8H3,(H,57,58)/t28-/m1/s1. The minimum Gasteiger partial charge on any atom is -0.494 e. The number of aryl methyl sites for hydroxylation is 5. The average molecular weight is 832 g/mol. The molecule has 59 heavy (non-hydrogen) atoms. The second-order valence-corrected chi connectivity index (χ2v) is 16.9. The van der Waals surface area contributed by atoms with Crippen LogP contribution < -0.4 is 9.64 Å². The molecule has 1 aliphatic heterocycles. The van der Waals surface area contributed by atoms with Crippen molar-refractivity contribution in [2.75, 3.05) is 18.1 Å². The van der Waals surface area contributed by atoms with E-state index in [1.807, 2.05) is 92.9 Å². The molecule has 4 aromatic heterocycles. The highest BCUT2D eigenvalue weighted by Gasteiger charge is 2.38. The number of amides is 1. The third-order valence-electron chi connectivity index (χ3n) is 11.8. The lowest BCUT2D eigenvalue weighted by molar-refractivity contribution is 0.0686. The van der Waals surface area contributed by atoms with Gasteiger partial charge in [-0.1, -0.05) is 49.2 Å². The van der Waals surface area contributed by atoms with Crippen LogP contribution in [0.2, 0.25) is 10.0 Å². The van der Waals surface area contributed by atoms with Gasteiger partial charge in [-0.15, -0.1) is 0 Å². The van der Waals surface area contributed by atoms with Gasteiger partial charge in [0.1, 0.15) is 17.1 Å². The average Bonchev–Trinajstić information content (AvgIpc) is 3.82. The second kappa shape index (κ2) is 15.5. The molecular formula is C47H48Cl2N6O4.